The highest BCUT2D eigenvalue weighted by Gasteiger charge is 2.04. The SMILES string of the molecule is Nc1ncc(Cc2ccccc2Br)o1. The second-order valence-electron chi connectivity index (χ2n) is 2.93. The molecule has 0 aliphatic heterocycles. The van der Waals surface area contributed by atoms with Crippen molar-refractivity contribution in [1.82, 2.24) is 4.98 Å². The highest BCUT2D eigenvalue weighted by molar-refractivity contribution is 9.10. The van der Waals surface area contributed by atoms with Crippen LogP contribution in [0.4, 0.5) is 6.01 Å². The Morgan fingerprint density at radius 2 is 2.14 bits per heavy atom. The molecule has 0 amide bonds. The number of hydrogen-bond acceptors (Lipinski definition) is 3. The molecule has 0 atom stereocenters. The molecule has 0 saturated heterocycles. The highest BCUT2D eigenvalue weighted by atomic mass is 79.9. The van der Waals surface area contributed by atoms with Gasteiger partial charge in [0.05, 0.1) is 6.20 Å². The Balaban J connectivity index is 2.23. The number of halogens is 1. The summed E-state index contributed by atoms with van der Waals surface area (Å²) in [6.45, 7) is 0. The van der Waals surface area contributed by atoms with Gasteiger partial charge in [-0.15, -0.1) is 0 Å². The van der Waals surface area contributed by atoms with Crippen LogP contribution < -0.4 is 5.73 Å². The lowest BCUT2D eigenvalue weighted by Gasteiger charge is -2.00. The van der Waals surface area contributed by atoms with E-state index in [-0.39, 0.29) is 6.01 Å². The normalized spacial score (nSPS) is 10.4. The summed E-state index contributed by atoms with van der Waals surface area (Å²) < 4.78 is 6.25. The van der Waals surface area contributed by atoms with Crippen molar-refractivity contribution in [2.75, 3.05) is 5.73 Å². The molecule has 4 heteroatoms. The maximum absolute atomic E-state index is 5.38. The fourth-order valence-electron chi connectivity index (χ4n) is 1.23. The minimum absolute atomic E-state index is 0.215. The first-order valence-electron chi connectivity index (χ1n) is 4.19. The lowest BCUT2D eigenvalue weighted by atomic mass is 10.1. The predicted octanol–water partition coefficient (Wildman–Crippen LogP) is 2.61. The van der Waals surface area contributed by atoms with Crippen molar-refractivity contribution in [3.05, 3.63) is 46.3 Å². The Morgan fingerprint density at radius 1 is 1.36 bits per heavy atom. The summed E-state index contributed by atoms with van der Waals surface area (Å²) in [6, 6.07) is 8.20. The molecular weight excluding hydrogens is 244 g/mol. The molecule has 0 radical (unpaired) electrons. The van der Waals surface area contributed by atoms with Gasteiger partial charge in [0.25, 0.3) is 6.01 Å². The van der Waals surface area contributed by atoms with E-state index in [1.165, 1.54) is 0 Å². The molecule has 0 saturated carbocycles. The summed E-state index contributed by atoms with van der Waals surface area (Å²) in [5.41, 5.74) is 6.54. The molecule has 1 heterocycles. The van der Waals surface area contributed by atoms with E-state index >= 15 is 0 Å². The van der Waals surface area contributed by atoms with E-state index < -0.39 is 0 Å². The lowest BCUT2D eigenvalue weighted by Crippen LogP contribution is -1.86. The quantitative estimate of drug-likeness (QED) is 0.894. The average molecular weight is 253 g/mol. The summed E-state index contributed by atoms with van der Waals surface area (Å²) in [7, 11) is 0. The number of oxazole rings is 1. The van der Waals surface area contributed by atoms with Gasteiger partial charge in [-0.2, -0.15) is 0 Å². The molecule has 2 rings (SSSR count). The van der Waals surface area contributed by atoms with Crippen molar-refractivity contribution in [1.29, 1.82) is 0 Å². The van der Waals surface area contributed by atoms with Gasteiger partial charge in [0.15, 0.2) is 0 Å². The second kappa shape index (κ2) is 3.84. The van der Waals surface area contributed by atoms with Gasteiger partial charge >= 0.3 is 0 Å². The molecule has 0 aliphatic rings. The monoisotopic (exact) mass is 252 g/mol. The number of anilines is 1. The van der Waals surface area contributed by atoms with Crippen molar-refractivity contribution in [2.24, 2.45) is 0 Å². The summed E-state index contributed by atoms with van der Waals surface area (Å²) in [5, 5.41) is 0. The molecule has 1 aromatic heterocycles. The first-order chi connectivity index (χ1) is 6.75. The van der Waals surface area contributed by atoms with E-state index in [1.54, 1.807) is 6.20 Å². The van der Waals surface area contributed by atoms with Gasteiger partial charge in [-0.1, -0.05) is 34.1 Å². The van der Waals surface area contributed by atoms with Gasteiger partial charge in [0.2, 0.25) is 0 Å². The van der Waals surface area contributed by atoms with E-state index in [0.717, 1.165) is 15.8 Å². The van der Waals surface area contributed by atoms with Crippen LogP contribution >= 0.6 is 15.9 Å². The third-order valence-corrected chi connectivity index (χ3v) is 2.67. The van der Waals surface area contributed by atoms with Gasteiger partial charge < -0.3 is 10.2 Å². The third-order valence-electron chi connectivity index (χ3n) is 1.89. The van der Waals surface area contributed by atoms with Gasteiger partial charge in [0.1, 0.15) is 5.76 Å². The number of nitrogen functional groups attached to an aromatic ring is 1. The Bertz CT molecular complexity index is 439. The number of nitrogens with zero attached hydrogens (tertiary/aromatic N) is 1. The predicted molar refractivity (Wildman–Crippen MR) is 57.9 cm³/mol. The minimum Gasteiger partial charge on any atom is -0.429 e. The third kappa shape index (κ3) is 1.96. The standard InChI is InChI=1S/C10H9BrN2O/c11-9-4-2-1-3-7(9)5-8-6-13-10(12)14-8/h1-4,6H,5H2,(H2,12,13). The van der Waals surface area contributed by atoms with E-state index in [0.29, 0.717) is 6.42 Å². The highest BCUT2D eigenvalue weighted by Crippen LogP contribution is 2.20. The molecule has 0 fully saturated rings. The zero-order valence-corrected chi connectivity index (χ0v) is 8.99. The van der Waals surface area contributed by atoms with Crippen LogP contribution in [0.2, 0.25) is 0 Å². The van der Waals surface area contributed by atoms with Gasteiger partial charge in [0, 0.05) is 10.9 Å². The molecule has 0 spiro atoms. The first kappa shape index (κ1) is 9.27. The van der Waals surface area contributed by atoms with E-state index in [4.69, 9.17) is 10.2 Å². The number of benzene rings is 1. The fourth-order valence-corrected chi connectivity index (χ4v) is 1.66. The minimum atomic E-state index is 0.215. The Labute approximate surface area is 90.1 Å². The van der Waals surface area contributed by atoms with Gasteiger partial charge in [-0.3, -0.25) is 0 Å². The second-order valence-corrected chi connectivity index (χ2v) is 3.79. The van der Waals surface area contributed by atoms with E-state index in [2.05, 4.69) is 20.9 Å². The molecule has 3 nitrogen and oxygen atoms in total. The first-order valence-corrected chi connectivity index (χ1v) is 4.98. The number of hydrogen-bond donors (Lipinski definition) is 1. The van der Waals surface area contributed by atoms with Crippen molar-refractivity contribution < 1.29 is 4.42 Å². The van der Waals surface area contributed by atoms with Gasteiger partial charge in [-0.25, -0.2) is 4.98 Å². The molecule has 0 bridgehead atoms. The van der Waals surface area contributed by atoms with Crippen LogP contribution in [-0.2, 0) is 6.42 Å². The number of rotatable bonds is 2. The topological polar surface area (TPSA) is 52.0 Å². The van der Waals surface area contributed by atoms with Crippen molar-refractivity contribution in [3.63, 3.8) is 0 Å². The molecule has 0 aliphatic carbocycles. The molecular formula is C10H9BrN2O. The van der Waals surface area contributed by atoms with Crippen LogP contribution in [0.1, 0.15) is 11.3 Å². The van der Waals surface area contributed by atoms with Gasteiger partial charge in [-0.05, 0) is 11.6 Å². The van der Waals surface area contributed by atoms with Crippen LogP contribution in [0.25, 0.3) is 0 Å². The van der Waals surface area contributed by atoms with Crippen molar-refractivity contribution in [2.45, 2.75) is 6.42 Å². The maximum Gasteiger partial charge on any atom is 0.292 e. The van der Waals surface area contributed by atoms with Crippen LogP contribution in [0.3, 0.4) is 0 Å². The van der Waals surface area contributed by atoms with Crippen molar-refractivity contribution in [3.8, 4) is 0 Å². The summed E-state index contributed by atoms with van der Waals surface area (Å²) in [5.74, 6) is 0.773. The fraction of sp³-hybridized carbons (Fsp3) is 0.100. The van der Waals surface area contributed by atoms with E-state index in [1.807, 2.05) is 24.3 Å². The zero-order valence-electron chi connectivity index (χ0n) is 7.40. The summed E-state index contributed by atoms with van der Waals surface area (Å²) in [6.07, 6.45) is 2.35. The zero-order chi connectivity index (χ0) is 9.97. The Hall–Kier alpha value is -1.29. The van der Waals surface area contributed by atoms with Crippen LogP contribution in [-0.4, -0.2) is 4.98 Å². The molecule has 2 aromatic rings. The van der Waals surface area contributed by atoms with Crippen molar-refractivity contribution >= 4 is 21.9 Å². The largest absolute Gasteiger partial charge is 0.429 e. The Kier molecular flexibility index (Phi) is 2.54. The van der Waals surface area contributed by atoms with Crippen LogP contribution in [0, 0.1) is 0 Å². The summed E-state index contributed by atoms with van der Waals surface area (Å²) >= 11 is 3.47. The molecule has 14 heavy (non-hydrogen) atoms. The number of aromatic nitrogens is 1. The van der Waals surface area contributed by atoms with E-state index in [9.17, 15) is 0 Å². The molecule has 1 aromatic carbocycles. The Morgan fingerprint density at radius 3 is 2.79 bits per heavy atom. The smallest absolute Gasteiger partial charge is 0.292 e. The lowest BCUT2D eigenvalue weighted by molar-refractivity contribution is 0.534. The molecule has 2 N–H and O–H groups in total. The molecule has 0 unspecified atom stereocenters. The van der Waals surface area contributed by atoms with Crippen LogP contribution in [0.5, 0.6) is 0 Å². The molecule has 72 valence electrons. The summed E-state index contributed by atoms with van der Waals surface area (Å²) in [4.78, 5) is 3.84. The van der Waals surface area contributed by atoms with Crippen LogP contribution in [0.15, 0.2) is 39.4 Å². The maximum atomic E-state index is 5.38. The number of nitrogens with two attached hydrogens (primary N) is 1. The average Bonchev–Trinajstić information content (AvgIpc) is 2.56.